The number of allylic oxidation sites excluding steroid dienone is 4. The van der Waals surface area contributed by atoms with Crippen molar-refractivity contribution in [3.05, 3.63) is 74.6 Å². The Morgan fingerprint density at radius 2 is 1.21 bits per heavy atom. The zero-order valence-electron chi connectivity index (χ0n) is 15.7. The number of benzene rings is 1. The van der Waals surface area contributed by atoms with Gasteiger partial charge in [-0.2, -0.15) is 0 Å². The largest absolute Gasteiger partial charge is 0.352 e. The first kappa shape index (κ1) is 15.4. The van der Waals surface area contributed by atoms with Gasteiger partial charge in [0, 0.05) is 0 Å². The molecule has 4 fully saturated rings. The molecule has 1 aromatic heterocycles. The summed E-state index contributed by atoms with van der Waals surface area (Å²) in [5, 5.41) is 0. The average molecular weight is 373 g/mol. The summed E-state index contributed by atoms with van der Waals surface area (Å²) >= 11 is 0. The Hall–Kier alpha value is -2.56. The summed E-state index contributed by atoms with van der Waals surface area (Å²) in [4.78, 5) is 26.5. The van der Waals surface area contributed by atoms with E-state index in [9.17, 15) is 9.59 Å². The van der Waals surface area contributed by atoms with E-state index in [0.29, 0.717) is 17.5 Å². The average Bonchev–Trinajstić information content (AvgIpc) is 3.32. The van der Waals surface area contributed by atoms with Gasteiger partial charge in [0.15, 0.2) is 0 Å². The molecule has 5 heteroatoms. The Bertz CT molecular complexity index is 1100. The van der Waals surface area contributed by atoms with Gasteiger partial charge in [0.1, 0.15) is 0 Å². The van der Waals surface area contributed by atoms with Gasteiger partial charge in [-0.3, -0.25) is 0 Å². The lowest BCUT2D eigenvalue weighted by atomic mass is 9.53. The second kappa shape index (κ2) is 5.07. The second-order valence-corrected chi connectivity index (χ2v) is 9.41. The highest BCUT2D eigenvalue weighted by Crippen LogP contribution is 2.60. The summed E-state index contributed by atoms with van der Waals surface area (Å²) in [6.45, 7) is 0. The first-order valence-corrected chi connectivity index (χ1v) is 10.6. The molecule has 1 aliphatic heterocycles. The molecule has 8 rings (SSSR count). The van der Waals surface area contributed by atoms with Crippen LogP contribution in [0.5, 0.6) is 0 Å². The van der Waals surface area contributed by atoms with Crippen LogP contribution < -0.4 is 11.4 Å². The maximum atomic E-state index is 13.3. The minimum atomic E-state index is -0.213. The van der Waals surface area contributed by atoms with Crippen molar-refractivity contribution < 1.29 is 0 Å². The van der Waals surface area contributed by atoms with Crippen LogP contribution in [-0.2, 0) is 0 Å². The van der Waals surface area contributed by atoms with Gasteiger partial charge in [-0.25, -0.2) is 23.5 Å². The van der Waals surface area contributed by atoms with E-state index in [4.69, 9.17) is 0 Å². The molecule has 0 radical (unpaired) electrons. The number of aromatic nitrogens is 3. The fourth-order valence-corrected chi connectivity index (χ4v) is 7.30. The van der Waals surface area contributed by atoms with E-state index < -0.39 is 0 Å². The molecule has 0 amide bonds. The van der Waals surface area contributed by atoms with Crippen LogP contribution in [0.25, 0.3) is 5.69 Å². The minimum Gasteiger partial charge on any atom is -0.245 e. The molecule has 0 saturated heterocycles. The van der Waals surface area contributed by atoms with Crippen LogP contribution >= 0.6 is 0 Å². The number of rotatable bonds is 1. The molecule has 28 heavy (non-hydrogen) atoms. The highest BCUT2D eigenvalue weighted by atomic mass is 16.2. The molecule has 1 aromatic carbocycles. The zero-order chi connectivity index (χ0) is 18.6. The molecule has 5 aliphatic carbocycles. The summed E-state index contributed by atoms with van der Waals surface area (Å²) < 4.78 is 4.76. The smallest absolute Gasteiger partial charge is 0.245 e. The van der Waals surface area contributed by atoms with Gasteiger partial charge in [-0.15, -0.1) is 0 Å². The molecule has 6 aliphatic rings. The van der Waals surface area contributed by atoms with Gasteiger partial charge in [-0.05, 0) is 73.5 Å². The predicted molar refractivity (Wildman–Crippen MR) is 106 cm³/mol. The summed E-state index contributed by atoms with van der Waals surface area (Å²) in [6.07, 6.45) is 11.0. The van der Waals surface area contributed by atoms with Crippen LogP contribution in [0.1, 0.15) is 44.2 Å². The molecule has 0 spiro atoms. The Labute approximate surface area is 162 Å². The molecule has 2 aromatic rings. The minimum absolute atomic E-state index is 0.0670. The normalized spacial score (nSPS) is 36.6. The summed E-state index contributed by atoms with van der Waals surface area (Å²) in [6, 6.07) is 9.14. The molecular formula is C23H23N3O2. The Morgan fingerprint density at radius 1 is 0.679 bits per heavy atom. The zero-order valence-corrected chi connectivity index (χ0v) is 15.7. The van der Waals surface area contributed by atoms with Crippen LogP contribution in [0.15, 0.2) is 63.2 Å². The molecule has 5 nitrogen and oxygen atoms in total. The number of hydrogen-bond acceptors (Lipinski definition) is 2. The SMILES string of the molecule is O=c1n(-c2ccccc2)c(=O)n2n1C1C=CC2C1=C1C2CC3CC(C2)CC1C3. The van der Waals surface area contributed by atoms with Gasteiger partial charge >= 0.3 is 11.4 Å². The quantitative estimate of drug-likeness (QED) is 0.721. The number of fused-ring (bicyclic) bond motifs is 5. The number of para-hydroxylation sites is 1. The van der Waals surface area contributed by atoms with Crippen molar-refractivity contribution in [1.29, 1.82) is 0 Å². The summed E-state index contributed by atoms with van der Waals surface area (Å²) in [7, 11) is 0. The standard InChI is InChI=1S/C23H23N3O2/c27-22-24(17-4-2-1-3-5-17)23(28)26-19-7-6-18(25(22)26)21(19)20-15-9-13-8-14(11-15)12-16(20)10-13/h1-7,13-16,18-19H,8-12H2. The fraction of sp³-hybridized carbons (Fsp3) is 0.478. The first-order chi connectivity index (χ1) is 13.7. The third kappa shape index (κ3) is 1.74. The van der Waals surface area contributed by atoms with Crippen molar-refractivity contribution in [3.63, 3.8) is 0 Å². The summed E-state index contributed by atoms with van der Waals surface area (Å²) in [5.74, 6) is 3.20. The third-order valence-electron chi connectivity index (χ3n) is 8.01. The second-order valence-electron chi connectivity index (χ2n) is 9.41. The van der Waals surface area contributed by atoms with Gasteiger partial charge < -0.3 is 0 Å². The highest BCUT2D eigenvalue weighted by Gasteiger charge is 2.51. The molecular weight excluding hydrogens is 350 g/mol. The molecule has 2 heterocycles. The lowest BCUT2D eigenvalue weighted by molar-refractivity contribution is 0.0676. The maximum Gasteiger partial charge on any atom is 0.352 e. The van der Waals surface area contributed by atoms with Crippen molar-refractivity contribution in [1.82, 2.24) is 13.9 Å². The van der Waals surface area contributed by atoms with Crippen molar-refractivity contribution in [2.75, 3.05) is 0 Å². The molecule has 2 unspecified atom stereocenters. The van der Waals surface area contributed by atoms with E-state index in [1.807, 2.05) is 30.3 Å². The Morgan fingerprint density at radius 3 is 1.75 bits per heavy atom. The van der Waals surface area contributed by atoms with E-state index in [1.165, 1.54) is 42.2 Å². The molecule has 0 N–H and O–H groups in total. The third-order valence-corrected chi connectivity index (χ3v) is 8.01. The number of hydrogen-bond donors (Lipinski definition) is 0. The van der Waals surface area contributed by atoms with Crippen LogP contribution in [0, 0.1) is 23.7 Å². The van der Waals surface area contributed by atoms with Gasteiger partial charge in [0.05, 0.1) is 17.8 Å². The van der Waals surface area contributed by atoms with Gasteiger partial charge in [0.25, 0.3) is 0 Å². The molecule has 6 bridgehead atoms. The van der Waals surface area contributed by atoms with Crippen molar-refractivity contribution >= 4 is 0 Å². The van der Waals surface area contributed by atoms with Crippen LogP contribution in [0.3, 0.4) is 0 Å². The van der Waals surface area contributed by atoms with E-state index >= 15 is 0 Å². The fourth-order valence-electron chi connectivity index (χ4n) is 7.30. The molecule has 142 valence electrons. The molecule has 4 saturated carbocycles. The summed E-state index contributed by atoms with van der Waals surface area (Å²) in [5.41, 5.74) is 3.21. The van der Waals surface area contributed by atoms with Crippen LogP contribution in [-0.4, -0.2) is 13.9 Å². The molecule has 2 atom stereocenters. The topological polar surface area (TPSA) is 48.9 Å². The lowest BCUT2D eigenvalue weighted by Crippen LogP contribution is -2.41. The van der Waals surface area contributed by atoms with E-state index in [2.05, 4.69) is 12.2 Å². The predicted octanol–water partition coefficient (Wildman–Crippen LogP) is 3.22. The van der Waals surface area contributed by atoms with E-state index in [1.54, 1.807) is 14.9 Å². The lowest BCUT2D eigenvalue weighted by Gasteiger charge is -2.52. The van der Waals surface area contributed by atoms with Crippen molar-refractivity contribution in [3.8, 4) is 5.69 Å². The highest BCUT2D eigenvalue weighted by molar-refractivity contribution is 5.43. The Balaban J connectivity index is 1.41. The van der Waals surface area contributed by atoms with Crippen LogP contribution in [0.2, 0.25) is 0 Å². The Kier molecular flexibility index (Phi) is 2.79. The number of nitrogens with zero attached hydrogens (tertiary/aromatic N) is 3. The van der Waals surface area contributed by atoms with E-state index in [-0.39, 0.29) is 23.5 Å². The van der Waals surface area contributed by atoms with Gasteiger partial charge in [-0.1, -0.05) is 35.9 Å². The van der Waals surface area contributed by atoms with E-state index in [0.717, 1.165) is 11.8 Å². The van der Waals surface area contributed by atoms with Crippen molar-refractivity contribution in [2.45, 2.75) is 44.2 Å². The van der Waals surface area contributed by atoms with Gasteiger partial charge in [0.2, 0.25) is 0 Å². The van der Waals surface area contributed by atoms with Crippen molar-refractivity contribution in [2.24, 2.45) is 23.7 Å². The first-order valence-electron chi connectivity index (χ1n) is 10.6. The maximum absolute atomic E-state index is 13.3. The van der Waals surface area contributed by atoms with Crippen LogP contribution in [0.4, 0.5) is 0 Å². The monoisotopic (exact) mass is 373 g/mol.